The number of carbonyl (C=O) groups is 1. The number of primary amides is 1. The first-order valence-corrected chi connectivity index (χ1v) is 14.6. The fourth-order valence-corrected chi connectivity index (χ4v) is 7.44. The molecule has 1 aromatic heterocycles. The number of fused-ring (bicyclic) bond motifs is 1. The van der Waals surface area contributed by atoms with Crippen LogP contribution < -0.4 is 10.5 Å². The molecule has 1 saturated carbocycles. The molecule has 1 aliphatic rings. The van der Waals surface area contributed by atoms with Gasteiger partial charge in [-0.3, -0.25) is 4.79 Å². The number of amides is 1. The van der Waals surface area contributed by atoms with E-state index >= 15 is 0 Å². The Balaban J connectivity index is 1.72. The van der Waals surface area contributed by atoms with Crippen LogP contribution in [0.2, 0.25) is 0 Å². The summed E-state index contributed by atoms with van der Waals surface area (Å²) in [7, 11) is -3.84. The molecule has 6 nitrogen and oxygen atoms in total. The van der Waals surface area contributed by atoms with E-state index in [2.05, 4.69) is 18.8 Å². The number of hydrogen-bond donors (Lipinski definition) is 1. The van der Waals surface area contributed by atoms with Crippen LogP contribution in [0.3, 0.4) is 0 Å². The Morgan fingerprint density at radius 1 is 1.08 bits per heavy atom. The molecule has 2 N–H and O–H groups in total. The maximum Gasteiger partial charge on any atom is 0.243 e. The molecule has 1 fully saturated rings. The molecule has 0 radical (unpaired) electrons. The smallest absolute Gasteiger partial charge is 0.243 e. The average molecular weight is 509 g/mol. The summed E-state index contributed by atoms with van der Waals surface area (Å²) in [5.41, 5.74) is 8.97. The quantitative estimate of drug-likeness (QED) is 0.422. The van der Waals surface area contributed by atoms with E-state index in [0.717, 1.165) is 47.7 Å². The standard InChI is InChI=1S/C29H36N2O4S/c1-20(2)17-22-18-24(29(28(30)32,36(3,33)34)23-10-5-4-6-11-23)14-16-27(22)35-19-25-15-13-21-9-7-8-12-26(21)31-25/h7-9,12-16,18,20,23H,4-6,10-11,17,19H2,1-3H3,(H2,30,32). The van der Waals surface area contributed by atoms with Crippen LogP contribution in [0.1, 0.15) is 62.8 Å². The highest BCUT2D eigenvalue weighted by atomic mass is 32.2. The van der Waals surface area contributed by atoms with Gasteiger partial charge in [-0.05, 0) is 66.5 Å². The molecule has 4 rings (SSSR count). The number of ether oxygens (including phenoxy) is 1. The third-order valence-corrected chi connectivity index (χ3v) is 9.22. The van der Waals surface area contributed by atoms with Crippen LogP contribution in [0.4, 0.5) is 0 Å². The number of rotatable bonds is 9. The number of para-hydroxylation sites is 1. The number of pyridine rings is 1. The molecule has 1 atom stereocenters. The summed E-state index contributed by atoms with van der Waals surface area (Å²) in [6.45, 7) is 4.48. The highest BCUT2D eigenvalue weighted by molar-refractivity contribution is 7.92. The largest absolute Gasteiger partial charge is 0.487 e. The van der Waals surface area contributed by atoms with Crippen LogP contribution in [-0.2, 0) is 32.4 Å². The van der Waals surface area contributed by atoms with Gasteiger partial charge in [-0.1, -0.05) is 63.4 Å². The third kappa shape index (κ3) is 5.12. The summed E-state index contributed by atoms with van der Waals surface area (Å²) in [6.07, 6.45) is 6.00. The summed E-state index contributed by atoms with van der Waals surface area (Å²) in [5, 5.41) is 1.07. The molecule has 1 unspecified atom stereocenters. The monoisotopic (exact) mass is 508 g/mol. The van der Waals surface area contributed by atoms with Crippen molar-refractivity contribution < 1.29 is 17.9 Å². The highest BCUT2D eigenvalue weighted by Gasteiger charge is 2.54. The maximum absolute atomic E-state index is 13.3. The zero-order valence-corrected chi connectivity index (χ0v) is 22.2. The SMILES string of the molecule is CC(C)Cc1cc(C(C(N)=O)(C2CCCCC2)S(C)(=O)=O)ccc1OCc1ccc2ccccc2n1. The van der Waals surface area contributed by atoms with E-state index in [-0.39, 0.29) is 12.5 Å². The molecule has 3 aromatic rings. The molecule has 0 bridgehead atoms. The number of benzene rings is 2. The van der Waals surface area contributed by atoms with Crippen LogP contribution in [0.5, 0.6) is 5.75 Å². The second-order valence-electron chi connectivity index (χ2n) is 10.4. The van der Waals surface area contributed by atoms with E-state index in [4.69, 9.17) is 10.5 Å². The molecule has 0 aliphatic heterocycles. The fourth-order valence-electron chi connectivity index (χ4n) is 5.68. The molecule has 7 heteroatoms. The van der Waals surface area contributed by atoms with Crippen LogP contribution in [0.25, 0.3) is 10.9 Å². The van der Waals surface area contributed by atoms with Gasteiger partial charge in [0.1, 0.15) is 12.4 Å². The van der Waals surface area contributed by atoms with Gasteiger partial charge in [0.15, 0.2) is 14.6 Å². The van der Waals surface area contributed by atoms with Crippen molar-refractivity contribution >= 4 is 26.6 Å². The first-order chi connectivity index (χ1) is 17.1. The number of nitrogens with two attached hydrogens (primary N) is 1. The lowest BCUT2D eigenvalue weighted by molar-refractivity contribution is -0.122. The van der Waals surface area contributed by atoms with Crippen molar-refractivity contribution in [1.29, 1.82) is 0 Å². The second kappa shape index (κ2) is 10.6. The van der Waals surface area contributed by atoms with Crippen LogP contribution in [-0.4, -0.2) is 25.6 Å². The summed E-state index contributed by atoms with van der Waals surface area (Å²) >= 11 is 0. The number of nitrogens with zero attached hydrogens (tertiary/aromatic N) is 1. The van der Waals surface area contributed by atoms with Gasteiger partial charge in [0.05, 0.1) is 11.2 Å². The van der Waals surface area contributed by atoms with Crippen LogP contribution in [0.15, 0.2) is 54.6 Å². The first-order valence-electron chi connectivity index (χ1n) is 12.7. The van der Waals surface area contributed by atoms with Crippen molar-refractivity contribution in [3.8, 4) is 5.75 Å². The van der Waals surface area contributed by atoms with Crippen molar-refractivity contribution in [1.82, 2.24) is 4.98 Å². The normalized spacial score (nSPS) is 16.7. The van der Waals surface area contributed by atoms with Crippen LogP contribution >= 0.6 is 0 Å². The fraction of sp³-hybridized carbons (Fsp3) is 0.448. The Kier molecular flexibility index (Phi) is 7.69. The lowest BCUT2D eigenvalue weighted by atomic mass is 9.75. The summed E-state index contributed by atoms with van der Waals surface area (Å²) in [6, 6.07) is 17.2. The Morgan fingerprint density at radius 3 is 2.47 bits per heavy atom. The lowest BCUT2D eigenvalue weighted by Crippen LogP contribution is -2.53. The predicted octanol–water partition coefficient (Wildman–Crippen LogP) is 5.32. The van der Waals surface area contributed by atoms with Crippen molar-refractivity contribution in [3.63, 3.8) is 0 Å². The summed E-state index contributed by atoms with van der Waals surface area (Å²) in [4.78, 5) is 17.7. The average Bonchev–Trinajstić information content (AvgIpc) is 2.83. The first kappa shape index (κ1) is 26.1. The number of carbonyl (C=O) groups excluding carboxylic acids is 1. The number of hydrogen-bond acceptors (Lipinski definition) is 5. The van der Waals surface area contributed by atoms with Gasteiger partial charge in [0, 0.05) is 11.6 Å². The van der Waals surface area contributed by atoms with E-state index in [9.17, 15) is 13.2 Å². The minimum Gasteiger partial charge on any atom is -0.487 e. The van der Waals surface area contributed by atoms with Crippen molar-refractivity contribution in [3.05, 3.63) is 71.4 Å². The molecule has 2 aromatic carbocycles. The highest BCUT2D eigenvalue weighted by Crippen LogP contribution is 2.46. The van der Waals surface area contributed by atoms with E-state index in [0.29, 0.717) is 36.5 Å². The topological polar surface area (TPSA) is 99.4 Å². The van der Waals surface area contributed by atoms with Crippen LogP contribution in [0, 0.1) is 11.8 Å². The summed E-state index contributed by atoms with van der Waals surface area (Å²) < 4.78 is 31.0. The molecule has 0 spiro atoms. The summed E-state index contributed by atoms with van der Waals surface area (Å²) in [5.74, 6) is -0.157. The molecule has 0 saturated heterocycles. The van der Waals surface area contributed by atoms with Crippen molar-refractivity contribution in [2.75, 3.05) is 6.26 Å². The maximum atomic E-state index is 13.3. The minimum absolute atomic E-state index is 0.283. The molecule has 36 heavy (non-hydrogen) atoms. The number of aromatic nitrogens is 1. The second-order valence-corrected chi connectivity index (χ2v) is 12.6. The molecular weight excluding hydrogens is 472 g/mol. The van der Waals surface area contributed by atoms with Gasteiger partial charge in [-0.25, -0.2) is 13.4 Å². The molecule has 192 valence electrons. The Hall–Kier alpha value is -2.93. The van der Waals surface area contributed by atoms with Gasteiger partial charge < -0.3 is 10.5 Å². The van der Waals surface area contributed by atoms with Crippen molar-refractivity contribution in [2.45, 2.75) is 63.7 Å². The predicted molar refractivity (Wildman–Crippen MR) is 143 cm³/mol. The van der Waals surface area contributed by atoms with E-state index in [1.54, 1.807) is 12.1 Å². The Morgan fingerprint density at radius 2 is 1.81 bits per heavy atom. The Labute approximate surface area is 214 Å². The van der Waals surface area contributed by atoms with E-state index in [1.165, 1.54) is 0 Å². The van der Waals surface area contributed by atoms with Gasteiger partial charge in [-0.15, -0.1) is 0 Å². The Bertz CT molecular complexity index is 1350. The molecule has 1 aliphatic carbocycles. The van der Waals surface area contributed by atoms with Gasteiger partial charge in [0.25, 0.3) is 0 Å². The van der Waals surface area contributed by atoms with E-state index < -0.39 is 20.5 Å². The van der Waals surface area contributed by atoms with Crippen molar-refractivity contribution in [2.24, 2.45) is 17.6 Å². The number of sulfone groups is 1. The van der Waals surface area contributed by atoms with E-state index in [1.807, 2.05) is 42.5 Å². The van der Waals surface area contributed by atoms with Gasteiger partial charge >= 0.3 is 0 Å². The minimum atomic E-state index is -3.84. The van der Waals surface area contributed by atoms with Gasteiger partial charge in [-0.2, -0.15) is 0 Å². The third-order valence-electron chi connectivity index (χ3n) is 7.28. The lowest BCUT2D eigenvalue weighted by Gasteiger charge is -2.39. The molecular formula is C29H36N2O4S. The zero-order chi connectivity index (χ0) is 25.9. The zero-order valence-electron chi connectivity index (χ0n) is 21.4. The van der Waals surface area contributed by atoms with Gasteiger partial charge in [0.2, 0.25) is 5.91 Å². The molecule has 1 amide bonds. The molecule has 1 heterocycles.